The highest BCUT2D eigenvalue weighted by atomic mass is 19.2. The van der Waals surface area contributed by atoms with E-state index < -0.39 is 29.4 Å². The Balaban J connectivity index is 1.30. The van der Waals surface area contributed by atoms with E-state index in [4.69, 9.17) is 9.47 Å². The molecule has 2 aromatic rings. The Morgan fingerprint density at radius 1 is 1.03 bits per heavy atom. The Morgan fingerprint density at radius 2 is 1.77 bits per heavy atom. The predicted octanol–water partition coefficient (Wildman–Crippen LogP) is 0.143. The van der Waals surface area contributed by atoms with Crippen LogP contribution in [-0.4, -0.2) is 44.9 Å². The highest BCUT2D eigenvalue weighted by molar-refractivity contribution is 5.93. The lowest BCUT2D eigenvalue weighted by Crippen LogP contribution is -3.29. The monoisotopic (exact) mass is 423 g/mol. The average Bonchev–Trinajstić information content (AvgIpc) is 3.22. The van der Waals surface area contributed by atoms with Crippen LogP contribution in [0, 0.1) is 17.5 Å². The van der Waals surface area contributed by atoms with Gasteiger partial charge < -0.3 is 24.6 Å². The van der Waals surface area contributed by atoms with Crippen molar-refractivity contribution in [1.29, 1.82) is 0 Å². The van der Waals surface area contributed by atoms with E-state index >= 15 is 0 Å². The minimum Gasteiger partial charge on any atom is -0.454 e. The summed E-state index contributed by atoms with van der Waals surface area (Å²) in [6.07, 6.45) is 0. The second kappa shape index (κ2) is 8.53. The summed E-state index contributed by atoms with van der Waals surface area (Å²) in [6, 6.07) is 7.34. The van der Waals surface area contributed by atoms with Gasteiger partial charge in [-0.2, -0.15) is 0 Å². The number of hydrogen-bond donors (Lipinski definition) is 3. The van der Waals surface area contributed by atoms with Crippen LogP contribution in [0.2, 0.25) is 0 Å². The predicted molar refractivity (Wildman–Crippen MR) is 102 cm³/mol. The molecule has 1 amide bonds. The topological polar surface area (TPSA) is 56.4 Å². The summed E-state index contributed by atoms with van der Waals surface area (Å²) in [4.78, 5) is 15.0. The molecule has 4 rings (SSSR count). The lowest BCUT2D eigenvalue weighted by Gasteiger charge is -2.32. The molecule has 2 aromatic carbocycles. The molecular weight excluding hydrogens is 399 g/mol. The molecule has 0 aromatic heterocycles. The van der Waals surface area contributed by atoms with Gasteiger partial charge in [0.2, 0.25) is 6.79 Å². The zero-order valence-electron chi connectivity index (χ0n) is 16.6. The summed E-state index contributed by atoms with van der Waals surface area (Å²) in [5, 5.41) is 2.38. The number of nitrogens with one attached hydrogen (secondary N) is 3. The Labute approximate surface area is 172 Å². The van der Waals surface area contributed by atoms with Crippen LogP contribution in [0.4, 0.5) is 18.9 Å². The van der Waals surface area contributed by atoms with Gasteiger partial charge in [-0.05, 0) is 37.3 Å². The van der Waals surface area contributed by atoms with Gasteiger partial charge in [-0.25, -0.2) is 13.2 Å². The lowest BCUT2D eigenvalue weighted by atomic mass is 10.1. The van der Waals surface area contributed by atoms with Crippen LogP contribution >= 0.6 is 0 Å². The summed E-state index contributed by atoms with van der Waals surface area (Å²) < 4.78 is 51.0. The molecule has 2 aliphatic rings. The third kappa shape index (κ3) is 4.22. The molecule has 9 heteroatoms. The molecule has 2 heterocycles. The number of fused-ring (bicyclic) bond motifs is 1. The fraction of sp³-hybridized carbons (Fsp3) is 0.381. The molecule has 0 spiro atoms. The number of anilines is 1. The van der Waals surface area contributed by atoms with E-state index in [-0.39, 0.29) is 12.5 Å². The van der Waals surface area contributed by atoms with Crippen molar-refractivity contribution in [2.75, 3.05) is 38.3 Å². The van der Waals surface area contributed by atoms with Crippen molar-refractivity contribution in [2.24, 2.45) is 0 Å². The third-order valence-electron chi connectivity index (χ3n) is 5.79. The van der Waals surface area contributed by atoms with Gasteiger partial charge in [0.15, 0.2) is 35.0 Å². The molecule has 0 radical (unpaired) electrons. The zero-order valence-corrected chi connectivity index (χ0v) is 16.6. The maximum absolute atomic E-state index is 13.8. The Morgan fingerprint density at radius 3 is 2.53 bits per heavy atom. The van der Waals surface area contributed by atoms with Crippen molar-refractivity contribution in [1.82, 2.24) is 0 Å². The third-order valence-corrected chi connectivity index (χ3v) is 5.79. The molecule has 0 aliphatic carbocycles. The zero-order chi connectivity index (χ0) is 21.3. The summed E-state index contributed by atoms with van der Waals surface area (Å²) >= 11 is 0. The van der Waals surface area contributed by atoms with Crippen LogP contribution < -0.4 is 24.6 Å². The van der Waals surface area contributed by atoms with E-state index in [1.165, 1.54) is 4.90 Å². The van der Waals surface area contributed by atoms with Crippen molar-refractivity contribution >= 4 is 11.6 Å². The summed E-state index contributed by atoms with van der Waals surface area (Å²) in [5.41, 5.74) is 0.814. The van der Waals surface area contributed by atoms with Crippen LogP contribution in [0.15, 0.2) is 30.3 Å². The van der Waals surface area contributed by atoms with Crippen molar-refractivity contribution in [2.45, 2.75) is 19.5 Å². The van der Waals surface area contributed by atoms with Gasteiger partial charge in [0.1, 0.15) is 32.7 Å². The minimum atomic E-state index is -1.59. The first-order valence-corrected chi connectivity index (χ1v) is 9.93. The average molecular weight is 423 g/mol. The second-order valence-corrected chi connectivity index (χ2v) is 7.71. The molecule has 1 saturated heterocycles. The fourth-order valence-electron chi connectivity index (χ4n) is 3.92. The van der Waals surface area contributed by atoms with Crippen LogP contribution in [0.3, 0.4) is 0 Å². The van der Waals surface area contributed by atoms with Crippen LogP contribution in [0.1, 0.15) is 12.5 Å². The van der Waals surface area contributed by atoms with E-state index in [0.29, 0.717) is 0 Å². The van der Waals surface area contributed by atoms with Crippen LogP contribution in [0.5, 0.6) is 11.5 Å². The number of benzene rings is 2. The van der Waals surface area contributed by atoms with Gasteiger partial charge in [0.05, 0.1) is 5.69 Å². The van der Waals surface area contributed by atoms with E-state index in [2.05, 4.69) is 5.32 Å². The number of amides is 1. The molecule has 6 nitrogen and oxygen atoms in total. The van der Waals surface area contributed by atoms with Gasteiger partial charge in [0.25, 0.3) is 5.91 Å². The van der Waals surface area contributed by atoms with Crippen molar-refractivity contribution < 1.29 is 37.2 Å². The fourth-order valence-corrected chi connectivity index (χ4v) is 3.92. The molecule has 160 valence electrons. The summed E-state index contributed by atoms with van der Waals surface area (Å²) in [5.74, 6) is -3.15. The minimum absolute atomic E-state index is 0.252. The van der Waals surface area contributed by atoms with E-state index in [1.54, 1.807) is 6.92 Å². The lowest BCUT2D eigenvalue weighted by molar-refractivity contribution is -1.02. The van der Waals surface area contributed by atoms with Crippen LogP contribution in [0.25, 0.3) is 0 Å². The van der Waals surface area contributed by atoms with Gasteiger partial charge in [0, 0.05) is 5.56 Å². The summed E-state index contributed by atoms with van der Waals surface area (Å²) in [6.45, 7) is 6.16. The number of carbonyl (C=O) groups is 1. The molecule has 3 N–H and O–H groups in total. The number of carbonyl (C=O) groups excluding carboxylic acids is 1. The number of piperazine rings is 1. The van der Waals surface area contributed by atoms with Gasteiger partial charge >= 0.3 is 0 Å². The number of rotatable bonds is 5. The quantitative estimate of drug-likeness (QED) is 0.600. The Bertz CT molecular complexity index is 949. The van der Waals surface area contributed by atoms with Crippen LogP contribution in [-0.2, 0) is 11.3 Å². The first-order valence-electron chi connectivity index (χ1n) is 9.93. The highest BCUT2D eigenvalue weighted by Gasteiger charge is 2.32. The largest absolute Gasteiger partial charge is 0.454 e. The SMILES string of the molecule is C[C@H](C(=O)Nc1ccc(F)c(F)c1F)[NH+]1CC[NH+](Cc2ccc3c(c2)OCO3)CC1. The van der Waals surface area contributed by atoms with Gasteiger partial charge in [-0.3, -0.25) is 4.79 Å². The molecule has 2 aliphatic heterocycles. The number of halogens is 3. The van der Waals surface area contributed by atoms with Crippen molar-refractivity contribution in [3.63, 3.8) is 0 Å². The molecule has 1 fully saturated rings. The van der Waals surface area contributed by atoms with Crippen molar-refractivity contribution in [3.8, 4) is 11.5 Å². The molecular formula is C21H24F3N3O3+2. The second-order valence-electron chi connectivity index (χ2n) is 7.71. The molecule has 1 atom stereocenters. The number of ether oxygens (including phenoxy) is 2. The first kappa shape index (κ1) is 20.5. The Hall–Kier alpha value is -2.78. The Kier molecular flexibility index (Phi) is 5.83. The van der Waals surface area contributed by atoms with E-state index in [9.17, 15) is 18.0 Å². The van der Waals surface area contributed by atoms with Gasteiger partial charge in [-0.1, -0.05) is 0 Å². The van der Waals surface area contributed by atoms with Crippen molar-refractivity contribution in [3.05, 3.63) is 53.3 Å². The maximum atomic E-state index is 13.8. The highest BCUT2D eigenvalue weighted by Crippen LogP contribution is 2.32. The maximum Gasteiger partial charge on any atom is 0.282 e. The molecule has 0 saturated carbocycles. The van der Waals surface area contributed by atoms with E-state index in [1.807, 2.05) is 18.2 Å². The normalized spacial score (nSPS) is 21.3. The molecule has 0 unspecified atom stereocenters. The smallest absolute Gasteiger partial charge is 0.282 e. The summed E-state index contributed by atoms with van der Waals surface area (Å²) in [7, 11) is 0. The standard InChI is InChI=1S/C21H22F3N3O3/c1-13(21(28)25-16-4-3-15(22)19(23)20(16)24)27-8-6-26(7-9-27)11-14-2-5-17-18(10-14)30-12-29-17/h2-5,10,13H,6-9,11-12H2,1H3,(H,25,28)/p+2/t13-/m1/s1. The first-order chi connectivity index (χ1) is 14.4. The molecule has 0 bridgehead atoms. The number of hydrogen-bond acceptors (Lipinski definition) is 3. The van der Waals surface area contributed by atoms with Gasteiger partial charge in [-0.15, -0.1) is 0 Å². The molecule has 30 heavy (non-hydrogen) atoms. The number of quaternary nitrogens is 2. The van der Waals surface area contributed by atoms with E-state index in [0.717, 1.165) is 66.8 Å².